The van der Waals surface area contributed by atoms with Crippen LogP contribution in [0.4, 0.5) is 5.95 Å². The number of anilines is 1. The summed E-state index contributed by atoms with van der Waals surface area (Å²) in [7, 11) is 0. The summed E-state index contributed by atoms with van der Waals surface area (Å²) < 4.78 is 2.31. The Morgan fingerprint density at radius 3 is 2.68 bits per heavy atom. The summed E-state index contributed by atoms with van der Waals surface area (Å²) in [5.41, 5.74) is 1.23. The largest absolute Gasteiger partial charge is 0.352 e. The Bertz CT molecular complexity index is 500. The first kappa shape index (κ1) is 12.2. The van der Waals surface area contributed by atoms with Crippen molar-refractivity contribution in [1.29, 1.82) is 0 Å². The van der Waals surface area contributed by atoms with Crippen molar-refractivity contribution in [3.05, 3.63) is 42.5 Å². The van der Waals surface area contributed by atoms with Gasteiger partial charge in [-0.2, -0.15) is 0 Å². The molecule has 2 aromatic heterocycles. The van der Waals surface area contributed by atoms with E-state index in [1.54, 1.807) is 0 Å². The Morgan fingerprint density at radius 1 is 1.11 bits per heavy atom. The van der Waals surface area contributed by atoms with E-state index in [2.05, 4.69) is 26.0 Å². The number of aromatic nitrogens is 3. The Kier molecular flexibility index (Phi) is 3.77. The van der Waals surface area contributed by atoms with Crippen LogP contribution >= 0.6 is 0 Å². The van der Waals surface area contributed by atoms with Gasteiger partial charge < -0.3 is 9.88 Å². The van der Waals surface area contributed by atoms with Crippen molar-refractivity contribution in [2.45, 2.75) is 44.7 Å². The van der Waals surface area contributed by atoms with Gasteiger partial charge in [-0.05, 0) is 30.5 Å². The molecule has 4 heteroatoms. The van der Waals surface area contributed by atoms with Gasteiger partial charge in [0.05, 0.1) is 0 Å². The van der Waals surface area contributed by atoms with E-state index in [9.17, 15) is 0 Å². The van der Waals surface area contributed by atoms with Gasteiger partial charge in [-0.15, -0.1) is 0 Å². The van der Waals surface area contributed by atoms with E-state index in [-0.39, 0.29) is 0 Å². The van der Waals surface area contributed by atoms with Crippen molar-refractivity contribution >= 4 is 5.95 Å². The van der Waals surface area contributed by atoms with Crippen molar-refractivity contribution in [2.75, 3.05) is 5.32 Å². The molecule has 0 amide bonds. The Morgan fingerprint density at radius 2 is 1.89 bits per heavy atom. The van der Waals surface area contributed by atoms with Crippen molar-refractivity contribution in [1.82, 2.24) is 14.5 Å². The minimum absolute atomic E-state index is 0.621. The number of hydrogen-bond donors (Lipinski definition) is 1. The molecule has 0 atom stereocenters. The van der Waals surface area contributed by atoms with Crippen molar-refractivity contribution in [3.63, 3.8) is 0 Å². The molecule has 0 aliphatic heterocycles. The molecule has 100 valence electrons. The minimum Gasteiger partial charge on any atom is -0.352 e. The molecular weight excluding hydrogens is 236 g/mol. The highest BCUT2D eigenvalue weighted by atomic mass is 15.2. The number of nitrogens with zero attached hydrogens (tertiary/aromatic N) is 3. The van der Waals surface area contributed by atoms with E-state index in [0.717, 1.165) is 12.5 Å². The number of hydrogen-bond acceptors (Lipinski definition) is 3. The van der Waals surface area contributed by atoms with Crippen LogP contribution in [0.1, 0.15) is 43.7 Å². The van der Waals surface area contributed by atoms with E-state index < -0.39 is 0 Å². The summed E-state index contributed by atoms with van der Waals surface area (Å²) in [5.74, 6) is 0.990. The van der Waals surface area contributed by atoms with E-state index >= 15 is 0 Å². The Balaban J connectivity index is 1.66. The molecule has 0 saturated heterocycles. The lowest BCUT2D eigenvalue weighted by Crippen LogP contribution is -2.15. The van der Waals surface area contributed by atoms with Gasteiger partial charge >= 0.3 is 0 Å². The zero-order valence-corrected chi connectivity index (χ0v) is 11.1. The Hall–Kier alpha value is -1.84. The minimum atomic E-state index is 0.621. The van der Waals surface area contributed by atoms with Crippen LogP contribution in [0, 0.1) is 0 Å². The van der Waals surface area contributed by atoms with Gasteiger partial charge in [0.1, 0.15) is 0 Å². The Labute approximate surface area is 113 Å². The molecule has 1 aliphatic carbocycles. The quantitative estimate of drug-likeness (QED) is 0.911. The lowest BCUT2D eigenvalue weighted by atomic mass is 9.95. The van der Waals surface area contributed by atoms with Gasteiger partial charge in [-0.25, -0.2) is 4.98 Å². The van der Waals surface area contributed by atoms with E-state index in [1.165, 1.54) is 37.7 Å². The fourth-order valence-corrected chi connectivity index (χ4v) is 2.79. The number of imidazole rings is 1. The lowest BCUT2D eigenvalue weighted by molar-refractivity contribution is 0.356. The maximum absolute atomic E-state index is 4.44. The average molecular weight is 256 g/mol. The third kappa shape index (κ3) is 2.95. The lowest BCUT2D eigenvalue weighted by Gasteiger charge is -2.24. The van der Waals surface area contributed by atoms with Crippen LogP contribution < -0.4 is 5.32 Å². The van der Waals surface area contributed by atoms with Crippen molar-refractivity contribution in [2.24, 2.45) is 0 Å². The molecule has 0 spiro atoms. The third-order valence-electron chi connectivity index (χ3n) is 3.84. The molecule has 0 aromatic carbocycles. The highest BCUT2D eigenvalue weighted by molar-refractivity contribution is 5.29. The molecule has 1 N–H and O–H groups in total. The molecule has 4 nitrogen and oxygen atoms in total. The van der Waals surface area contributed by atoms with Gasteiger partial charge in [-0.1, -0.05) is 19.3 Å². The topological polar surface area (TPSA) is 42.7 Å². The van der Waals surface area contributed by atoms with E-state index in [0.29, 0.717) is 6.04 Å². The molecule has 2 aromatic rings. The van der Waals surface area contributed by atoms with Crippen LogP contribution in [0.25, 0.3) is 0 Å². The van der Waals surface area contributed by atoms with Crippen LogP contribution in [0.2, 0.25) is 0 Å². The molecule has 0 bridgehead atoms. The molecule has 0 radical (unpaired) electrons. The molecular formula is C15H20N4. The molecule has 2 heterocycles. The van der Waals surface area contributed by atoms with Gasteiger partial charge in [0, 0.05) is 37.4 Å². The van der Waals surface area contributed by atoms with Crippen LogP contribution in [-0.4, -0.2) is 14.5 Å². The zero-order chi connectivity index (χ0) is 12.9. The second-order valence-electron chi connectivity index (χ2n) is 5.16. The summed E-state index contributed by atoms with van der Waals surface area (Å²) >= 11 is 0. The van der Waals surface area contributed by atoms with Gasteiger partial charge in [-0.3, -0.25) is 4.98 Å². The summed E-state index contributed by atoms with van der Waals surface area (Å²) in [5, 5.41) is 3.43. The fraction of sp³-hybridized carbons (Fsp3) is 0.467. The monoisotopic (exact) mass is 256 g/mol. The maximum Gasteiger partial charge on any atom is 0.203 e. The van der Waals surface area contributed by atoms with Crippen LogP contribution in [0.3, 0.4) is 0 Å². The van der Waals surface area contributed by atoms with Crippen molar-refractivity contribution in [3.8, 4) is 0 Å². The fourth-order valence-electron chi connectivity index (χ4n) is 2.79. The predicted molar refractivity (Wildman–Crippen MR) is 75.9 cm³/mol. The summed E-state index contributed by atoms with van der Waals surface area (Å²) in [6.07, 6.45) is 14.3. The molecule has 1 aliphatic rings. The summed E-state index contributed by atoms with van der Waals surface area (Å²) in [6, 6.07) is 4.68. The molecule has 0 unspecified atom stereocenters. The zero-order valence-electron chi connectivity index (χ0n) is 11.1. The van der Waals surface area contributed by atoms with Gasteiger partial charge in [0.2, 0.25) is 5.95 Å². The number of pyridine rings is 1. The van der Waals surface area contributed by atoms with Crippen LogP contribution in [0.15, 0.2) is 36.9 Å². The first-order valence-electron chi connectivity index (χ1n) is 7.09. The van der Waals surface area contributed by atoms with E-state index in [4.69, 9.17) is 0 Å². The van der Waals surface area contributed by atoms with Gasteiger partial charge in [0.15, 0.2) is 0 Å². The number of nitrogens with one attached hydrogen (secondary N) is 1. The van der Waals surface area contributed by atoms with Crippen LogP contribution in [-0.2, 0) is 6.54 Å². The predicted octanol–water partition coefficient (Wildman–Crippen LogP) is 3.40. The average Bonchev–Trinajstić information content (AvgIpc) is 2.95. The normalized spacial score (nSPS) is 16.4. The summed E-state index contributed by atoms with van der Waals surface area (Å²) in [4.78, 5) is 8.48. The van der Waals surface area contributed by atoms with Crippen molar-refractivity contribution < 1.29 is 0 Å². The highest BCUT2D eigenvalue weighted by Gasteiger charge is 2.17. The SMILES string of the molecule is c1cc(CNc2nccn2C2CCCCC2)ccn1. The first-order chi connectivity index (χ1) is 9.43. The maximum atomic E-state index is 4.44. The molecule has 19 heavy (non-hydrogen) atoms. The second-order valence-corrected chi connectivity index (χ2v) is 5.16. The van der Waals surface area contributed by atoms with Crippen LogP contribution in [0.5, 0.6) is 0 Å². The van der Waals surface area contributed by atoms with Gasteiger partial charge in [0.25, 0.3) is 0 Å². The molecule has 1 saturated carbocycles. The second kappa shape index (κ2) is 5.87. The highest BCUT2D eigenvalue weighted by Crippen LogP contribution is 2.30. The smallest absolute Gasteiger partial charge is 0.203 e. The van der Waals surface area contributed by atoms with E-state index in [1.807, 2.05) is 30.7 Å². The molecule has 3 rings (SSSR count). The first-order valence-corrected chi connectivity index (χ1v) is 7.09. The third-order valence-corrected chi connectivity index (χ3v) is 3.84. The number of rotatable bonds is 4. The molecule has 1 fully saturated rings. The standard InChI is InChI=1S/C15H20N4/c1-2-4-14(5-3-1)19-11-10-17-15(19)18-12-13-6-8-16-9-7-13/h6-11,14H,1-5,12H2,(H,17,18). The summed E-state index contributed by atoms with van der Waals surface area (Å²) in [6.45, 7) is 0.798.